The van der Waals surface area contributed by atoms with Crippen LogP contribution in [0.3, 0.4) is 0 Å². The lowest BCUT2D eigenvalue weighted by atomic mass is 9.90. The smallest absolute Gasteiger partial charge is 0.157 e. The standard InChI is InChI=1S/C15H20F2N2S/c1-15(2,3)7-12-9-19-14(20-12)18-8-10-6-11(16)4-5-13(10)17/h4-6,12H,7-9H2,1-3H3,(H,18,19). The number of amidine groups is 1. The molecule has 0 bridgehead atoms. The molecule has 2 nitrogen and oxygen atoms in total. The van der Waals surface area contributed by atoms with Crippen LogP contribution >= 0.6 is 11.8 Å². The minimum absolute atomic E-state index is 0.262. The molecular weight excluding hydrogens is 278 g/mol. The lowest BCUT2D eigenvalue weighted by molar-refractivity contribution is 0.375. The summed E-state index contributed by atoms with van der Waals surface area (Å²) in [5.41, 5.74) is 0.602. The second-order valence-corrected chi connectivity index (χ2v) is 7.53. The van der Waals surface area contributed by atoms with Crippen molar-refractivity contribution in [2.45, 2.75) is 39.0 Å². The number of nitrogens with one attached hydrogen (secondary N) is 1. The summed E-state index contributed by atoms with van der Waals surface area (Å²) in [5.74, 6) is -0.816. The van der Waals surface area contributed by atoms with Crippen molar-refractivity contribution in [3.05, 3.63) is 35.4 Å². The lowest BCUT2D eigenvalue weighted by Gasteiger charge is -2.21. The number of benzene rings is 1. The fraction of sp³-hybridized carbons (Fsp3) is 0.533. The van der Waals surface area contributed by atoms with Crippen molar-refractivity contribution >= 4 is 16.9 Å². The first kappa shape index (κ1) is 15.3. The minimum atomic E-state index is -0.421. The number of hydrogen-bond donors (Lipinski definition) is 1. The van der Waals surface area contributed by atoms with E-state index < -0.39 is 11.6 Å². The van der Waals surface area contributed by atoms with E-state index in [1.165, 1.54) is 6.07 Å². The van der Waals surface area contributed by atoms with Crippen molar-refractivity contribution in [2.75, 3.05) is 6.54 Å². The van der Waals surface area contributed by atoms with Gasteiger partial charge in [0, 0.05) is 17.4 Å². The predicted octanol–water partition coefficient (Wildman–Crippen LogP) is 3.96. The van der Waals surface area contributed by atoms with E-state index in [2.05, 4.69) is 31.1 Å². The van der Waals surface area contributed by atoms with E-state index >= 15 is 0 Å². The molecule has 1 N–H and O–H groups in total. The Labute approximate surface area is 123 Å². The van der Waals surface area contributed by atoms with Crippen molar-refractivity contribution in [2.24, 2.45) is 10.4 Å². The van der Waals surface area contributed by atoms with Gasteiger partial charge in [0.1, 0.15) is 11.6 Å². The summed E-state index contributed by atoms with van der Waals surface area (Å²) in [6.45, 7) is 7.68. The van der Waals surface area contributed by atoms with Crippen LogP contribution in [0.5, 0.6) is 0 Å². The van der Waals surface area contributed by atoms with Gasteiger partial charge in [-0.1, -0.05) is 32.5 Å². The zero-order valence-electron chi connectivity index (χ0n) is 12.0. The van der Waals surface area contributed by atoms with Crippen LogP contribution in [0.25, 0.3) is 0 Å². The molecule has 0 fully saturated rings. The van der Waals surface area contributed by atoms with Gasteiger partial charge in [-0.25, -0.2) is 8.78 Å². The molecule has 0 saturated carbocycles. The van der Waals surface area contributed by atoms with E-state index in [9.17, 15) is 8.78 Å². The molecule has 110 valence electrons. The van der Waals surface area contributed by atoms with Crippen molar-refractivity contribution < 1.29 is 8.78 Å². The molecule has 0 aromatic heterocycles. The van der Waals surface area contributed by atoms with E-state index in [0.717, 1.165) is 30.3 Å². The quantitative estimate of drug-likeness (QED) is 0.913. The minimum Gasteiger partial charge on any atom is -0.361 e. The summed E-state index contributed by atoms with van der Waals surface area (Å²) in [4.78, 5) is 4.42. The Morgan fingerprint density at radius 1 is 1.35 bits per heavy atom. The molecule has 0 radical (unpaired) electrons. The number of thioether (sulfide) groups is 1. The molecule has 1 aromatic carbocycles. The molecule has 1 heterocycles. The zero-order chi connectivity index (χ0) is 14.8. The fourth-order valence-electron chi connectivity index (χ4n) is 2.15. The Bertz CT molecular complexity index is 509. The van der Waals surface area contributed by atoms with Crippen LogP contribution in [0.15, 0.2) is 23.2 Å². The Morgan fingerprint density at radius 3 is 2.80 bits per heavy atom. The fourth-order valence-corrected chi connectivity index (χ4v) is 3.51. The first-order chi connectivity index (χ1) is 9.33. The maximum atomic E-state index is 13.5. The molecule has 1 atom stereocenters. The molecule has 20 heavy (non-hydrogen) atoms. The van der Waals surface area contributed by atoms with E-state index in [1.807, 2.05) is 0 Å². The van der Waals surface area contributed by atoms with Gasteiger partial charge in [0.05, 0.1) is 6.54 Å². The van der Waals surface area contributed by atoms with E-state index in [-0.39, 0.29) is 12.0 Å². The average Bonchev–Trinajstić information content (AvgIpc) is 2.75. The van der Waals surface area contributed by atoms with Crippen LogP contribution in [0, 0.1) is 17.0 Å². The molecule has 0 spiro atoms. The molecule has 0 aliphatic carbocycles. The third-order valence-electron chi connectivity index (χ3n) is 2.99. The lowest BCUT2D eigenvalue weighted by Crippen LogP contribution is -2.21. The van der Waals surface area contributed by atoms with Crippen molar-refractivity contribution in [3.8, 4) is 0 Å². The summed E-state index contributed by atoms with van der Waals surface area (Å²) in [5, 5.41) is 4.38. The third kappa shape index (κ3) is 4.47. The van der Waals surface area contributed by atoms with Crippen molar-refractivity contribution in [3.63, 3.8) is 0 Å². The van der Waals surface area contributed by atoms with Gasteiger partial charge >= 0.3 is 0 Å². The normalized spacial score (nSPS) is 19.1. The Hall–Kier alpha value is -1.10. The average molecular weight is 298 g/mol. The van der Waals surface area contributed by atoms with E-state index in [4.69, 9.17) is 0 Å². The van der Waals surface area contributed by atoms with Gasteiger partial charge in [0.15, 0.2) is 5.17 Å². The Balaban J connectivity index is 1.85. The van der Waals surface area contributed by atoms with Crippen LogP contribution in [-0.2, 0) is 6.54 Å². The highest BCUT2D eigenvalue weighted by Gasteiger charge is 2.24. The zero-order valence-corrected chi connectivity index (χ0v) is 12.9. The molecule has 2 rings (SSSR count). The summed E-state index contributed by atoms with van der Waals surface area (Å²) >= 11 is 1.69. The van der Waals surface area contributed by atoms with Gasteiger partial charge in [0.25, 0.3) is 0 Å². The highest BCUT2D eigenvalue weighted by Crippen LogP contribution is 2.31. The van der Waals surface area contributed by atoms with Gasteiger partial charge in [0.2, 0.25) is 0 Å². The second-order valence-electron chi connectivity index (χ2n) is 6.24. The SMILES string of the molecule is CC(C)(C)CC1CN=C(NCc2cc(F)ccc2F)S1. The van der Waals surface area contributed by atoms with Crippen LogP contribution in [0.4, 0.5) is 8.78 Å². The monoisotopic (exact) mass is 298 g/mol. The summed E-state index contributed by atoms with van der Waals surface area (Å²) < 4.78 is 26.6. The third-order valence-corrected chi connectivity index (χ3v) is 4.14. The van der Waals surface area contributed by atoms with Crippen molar-refractivity contribution in [1.82, 2.24) is 5.32 Å². The van der Waals surface area contributed by atoms with Crippen LogP contribution in [0.2, 0.25) is 0 Å². The maximum absolute atomic E-state index is 13.5. The first-order valence-corrected chi connectivity index (χ1v) is 7.60. The Kier molecular flexibility index (Phi) is 4.68. The van der Waals surface area contributed by atoms with Crippen LogP contribution in [-0.4, -0.2) is 17.0 Å². The first-order valence-electron chi connectivity index (χ1n) is 6.72. The number of aliphatic imine (C=N–C) groups is 1. The van der Waals surface area contributed by atoms with Crippen LogP contribution < -0.4 is 5.32 Å². The number of hydrogen-bond acceptors (Lipinski definition) is 3. The number of nitrogens with zero attached hydrogens (tertiary/aromatic N) is 1. The van der Waals surface area contributed by atoms with E-state index in [0.29, 0.717) is 10.8 Å². The second kappa shape index (κ2) is 6.12. The van der Waals surface area contributed by atoms with Gasteiger partial charge in [-0.05, 0) is 30.0 Å². The topological polar surface area (TPSA) is 24.4 Å². The van der Waals surface area contributed by atoms with Gasteiger partial charge in [-0.15, -0.1) is 0 Å². The highest BCUT2D eigenvalue weighted by molar-refractivity contribution is 8.14. The largest absolute Gasteiger partial charge is 0.361 e. The summed E-state index contributed by atoms with van der Waals surface area (Å²) in [7, 11) is 0. The number of halogens is 2. The van der Waals surface area contributed by atoms with Gasteiger partial charge in [-0.3, -0.25) is 4.99 Å². The van der Waals surface area contributed by atoms with Gasteiger partial charge in [-0.2, -0.15) is 0 Å². The molecule has 0 amide bonds. The molecule has 1 unspecified atom stereocenters. The maximum Gasteiger partial charge on any atom is 0.157 e. The molecular formula is C15H20F2N2S. The molecule has 1 aliphatic heterocycles. The van der Waals surface area contributed by atoms with Gasteiger partial charge < -0.3 is 5.32 Å². The predicted molar refractivity (Wildman–Crippen MR) is 81.0 cm³/mol. The van der Waals surface area contributed by atoms with Crippen LogP contribution in [0.1, 0.15) is 32.8 Å². The molecule has 5 heteroatoms. The summed E-state index contributed by atoms with van der Waals surface area (Å²) in [6.07, 6.45) is 1.08. The highest BCUT2D eigenvalue weighted by atomic mass is 32.2. The summed E-state index contributed by atoms with van der Waals surface area (Å²) in [6, 6.07) is 3.49. The molecule has 1 aromatic rings. The number of rotatable bonds is 3. The molecule has 0 saturated heterocycles. The molecule has 1 aliphatic rings. The van der Waals surface area contributed by atoms with Crippen molar-refractivity contribution in [1.29, 1.82) is 0 Å². The van der Waals surface area contributed by atoms with E-state index in [1.54, 1.807) is 11.8 Å². The Morgan fingerprint density at radius 2 is 2.10 bits per heavy atom.